The molecule has 0 radical (unpaired) electrons. The van der Waals surface area contributed by atoms with Crippen molar-refractivity contribution in [2.45, 2.75) is 57.4 Å². The summed E-state index contributed by atoms with van der Waals surface area (Å²) in [6.07, 6.45) is 5.18. The Bertz CT molecular complexity index is 839. The Morgan fingerprint density at radius 3 is 2.48 bits per heavy atom. The number of nitrogens with zero attached hydrogens (tertiary/aromatic N) is 1. The molecule has 0 saturated carbocycles. The largest absolute Gasteiger partial charge is 0.481 e. The number of carbonyl (C=O) groups excluding carboxylic acids is 4. The van der Waals surface area contributed by atoms with Crippen LogP contribution in [0.1, 0.15) is 72.1 Å². The Hall–Kier alpha value is -3.23. The molecule has 3 amide bonds. The van der Waals surface area contributed by atoms with Crippen LogP contribution in [0.25, 0.3) is 0 Å². The van der Waals surface area contributed by atoms with Crippen LogP contribution in [0.5, 0.6) is 0 Å². The SMILES string of the molecule is CNC(=O)C(CCC=O)N1C(=O)c2cccc(NCCCCCCCC(=O)O)c2C1=O. The van der Waals surface area contributed by atoms with E-state index >= 15 is 0 Å². The Labute approximate surface area is 181 Å². The standard InChI is InChI=1S/C22H29N3O6/c1-23-20(29)17(11-8-14-26)25-21(30)15-9-7-10-16(19(15)22(25)31)24-13-6-4-2-3-5-12-18(27)28/h7,9-10,14,17,24H,2-6,8,11-13H2,1H3,(H,23,29)(H,27,28). The first-order valence-electron chi connectivity index (χ1n) is 10.5. The Kier molecular flexibility index (Phi) is 9.17. The van der Waals surface area contributed by atoms with Crippen LogP contribution < -0.4 is 10.6 Å². The molecule has 2 rings (SSSR count). The van der Waals surface area contributed by atoms with Gasteiger partial charge in [-0.1, -0.05) is 25.3 Å². The zero-order chi connectivity index (χ0) is 22.8. The van der Waals surface area contributed by atoms with Crippen molar-refractivity contribution in [3.8, 4) is 0 Å². The lowest BCUT2D eigenvalue weighted by atomic mass is 10.1. The van der Waals surface area contributed by atoms with E-state index in [2.05, 4.69) is 10.6 Å². The number of benzene rings is 1. The summed E-state index contributed by atoms with van der Waals surface area (Å²) in [6.45, 7) is 0.598. The Morgan fingerprint density at radius 1 is 1.10 bits per heavy atom. The Morgan fingerprint density at radius 2 is 1.81 bits per heavy atom. The average Bonchev–Trinajstić information content (AvgIpc) is 3.01. The van der Waals surface area contributed by atoms with Crippen LogP contribution in [0.4, 0.5) is 5.69 Å². The second-order valence-electron chi connectivity index (χ2n) is 7.42. The van der Waals surface area contributed by atoms with Gasteiger partial charge in [0.25, 0.3) is 11.8 Å². The van der Waals surface area contributed by atoms with E-state index in [0.29, 0.717) is 24.9 Å². The molecular weight excluding hydrogens is 402 g/mol. The predicted octanol–water partition coefficient (Wildman–Crippen LogP) is 2.21. The highest BCUT2D eigenvalue weighted by Gasteiger charge is 2.43. The first-order valence-corrected chi connectivity index (χ1v) is 10.5. The number of hydrogen-bond acceptors (Lipinski definition) is 6. The molecule has 3 N–H and O–H groups in total. The topological polar surface area (TPSA) is 133 Å². The molecule has 0 aliphatic carbocycles. The molecule has 0 fully saturated rings. The molecule has 0 aromatic heterocycles. The maximum atomic E-state index is 13.1. The number of carboxylic acids is 1. The number of fused-ring (bicyclic) bond motifs is 1. The second kappa shape index (κ2) is 11.8. The lowest BCUT2D eigenvalue weighted by Gasteiger charge is -2.24. The van der Waals surface area contributed by atoms with Crippen molar-refractivity contribution in [3.63, 3.8) is 0 Å². The smallest absolute Gasteiger partial charge is 0.303 e. The number of unbranched alkanes of at least 4 members (excludes halogenated alkanes) is 4. The van der Waals surface area contributed by atoms with Crippen LogP contribution in [-0.4, -0.2) is 59.6 Å². The number of likely N-dealkylation sites (N-methyl/N-ethyl adjacent to an activating group) is 1. The minimum Gasteiger partial charge on any atom is -0.481 e. The number of rotatable bonds is 14. The van der Waals surface area contributed by atoms with Gasteiger partial charge in [-0.2, -0.15) is 0 Å². The molecule has 1 aliphatic rings. The molecule has 0 saturated heterocycles. The third kappa shape index (κ3) is 6.13. The zero-order valence-corrected chi connectivity index (χ0v) is 17.7. The summed E-state index contributed by atoms with van der Waals surface area (Å²) in [5, 5.41) is 14.3. The van der Waals surface area contributed by atoms with Crippen LogP contribution in [0, 0.1) is 0 Å². The van der Waals surface area contributed by atoms with Gasteiger partial charge in [-0.25, -0.2) is 0 Å². The van der Waals surface area contributed by atoms with Crippen molar-refractivity contribution in [1.29, 1.82) is 0 Å². The third-order valence-electron chi connectivity index (χ3n) is 5.25. The normalized spacial score (nSPS) is 13.6. The van der Waals surface area contributed by atoms with Crippen molar-refractivity contribution in [3.05, 3.63) is 29.3 Å². The van der Waals surface area contributed by atoms with Gasteiger partial charge >= 0.3 is 5.97 Å². The molecule has 0 spiro atoms. The number of carboxylic acid groups (broad SMARTS) is 1. The van der Waals surface area contributed by atoms with Gasteiger partial charge in [-0.3, -0.25) is 24.1 Å². The monoisotopic (exact) mass is 431 g/mol. The molecule has 1 aliphatic heterocycles. The van der Waals surface area contributed by atoms with E-state index in [4.69, 9.17) is 5.11 Å². The zero-order valence-electron chi connectivity index (χ0n) is 17.7. The van der Waals surface area contributed by atoms with Gasteiger partial charge in [0.05, 0.1) is 11.1 Å². The van der Waals surface area contributed by atoms with Crippen LogP contribution >= 0.6 is 0 Å². The number of nitrogens with one attached hydrogen (secondary N) is 2. The third-order valence-corrected chi connectivity index (χ3v) is 5.25. The molecule has 1 aromatic rings. The van der Waals surface area contributed by atoms with Gasteiger partial charge in [0.1, 0.15) is 12.3 Å². The molecule has 31 heavy (non-hydrogen) atoms. The predicted molar refractivity (Wildman–Crippen MR) is 114 cm³/mol. The summed E-state index contributed by atoms with van der Waals surface area (Å²) in [5.74, 6) is -2.36. The van der Waals surface area contributed by atoms with E-state index in [0.717, 1.165) is 30.6 Å². The van der Waals surface area contributed by atoms with E-state index in [1.807, 2.05) is 0 Å². The van der Waals surface area contributed by atoms with Crippen LogP contribution in [-0.2, 0) is 14.4 Å². The molecule has 168 valence electrons. The van der Waals surface area contributed by atoms with Crippen LogP contribution in [0.15, 0.2) is 18.2 Å². The van der Waals surface area contributed by atoms with Crippen molar-refractivity contribution < 1.29 is 29.1 Å². The Balaban J connectivity index is 2.01. The van der Waals surface area contributed by atoms with E-state index < -0.39 is 29.7 Å². The molecule has 1 atom stereocenters. The summed E-state index contributed by atoms with van der Waals surface area (Å²) in [5.41, 5.74) is 1.02. The fraction of sp³-hybridized carbons (Fsp3) is 0.500. The minimum absolute atomic E-state index is 0.0586. The van der Waals surface area contributed by atoms with Crippen molar-refractivity contribution in [2.24, 2.45) is 0 Å². The highest BCUT2D eigenvalue weighted by molar-refractivity contribution is 6.25. The second-order valence-corrected chi connectivity index (χ2v) is 7.42. The first kappa shape index (κ1) is 24.0. The fourth-order valence-electron chi connectivity index (χ4n) is 3.66. The lowest BCUT2D eigenvalue weighted by molar-refractivity contribution is -0.137. The lowest BCUT2D eigenvalue weighted by Crippen LogP contribution is -2.48. The van der Waals surface area contributed by atoms with E-state index in [1.165, 1.54) is 7.05 Å². The van der Waals surface area contributed by atoms with Gasteiger partial charge in [0.15, 0.2) is 0 Å². The summed E-state index contributed by atoms with van der Waals surface area (Å²) in [6, 6.07) is 3.92. The fourth-order valence-corrected chi connectivity index (χ4v) is 3.66. The number of aliphatic carboxylic acids is 1. The number of imide groups is 1. The number of hydrogen-bond donors (Lipinski definition) is 3. The average molecular weight is 431 g/mol. The van der Waals surface area contributed by atoms with Crippen LogP contribution in [0.3, 0.4) is 0 Å². The van der Waals surface area contributed by atoms with Crippen LogP contribution in [0.2, 0.25) is 0 Å². The van der Waals surface area contributed by atoms with Gasteiger partial charge < -0.3 is 20.5 Å². The van der Waals surface area contributed by atoms with E-state index in [1.54, 1.807) is 18.2 Å². The highest BCUT2D eigenvalue weighted by atomic mass is 16.4. The summed E-state index contributed by atoms with van der Waals surface area (Å²) in [7, 11) is 1.42. The highest BCUT2D eigenvalue weighted by Crippen LogP contribution is 2.31. The summed E-state index contributed by atoms with van der Waals surface area (Å²) >= 11 is 0. The number of amides is 3. The maximum Gasteiger partial charge on any atom is 0.303 e. The van der Waals surface area contributed by atoms with E-state index in [9.17, 15) is 24.0 Å². The van der Waals surface area contributed by atoms with Crippen molar-refractivity contribution in [2.75, 3.05) is 18.9 Å². The molecule has 1 unspecified atom stereocenters. The number of carbonyl (C=O) groups is 5. The molecule has 9 heteroatoms. The van der Waals surface area contributed by atoms with Gasteiger partial charge in [-0.05, 0) is 31.4 Å². The summed E-state index contributed by atoms with van der Waals surface area (Å²) in [4.78, 5) is 60.4. The van der Waals surface area contributed by atoms with Gasteiger partial charge in [-0.15, -0.1) is 0 Å². The number of aldehydes is 1. The van der Waals surface area contributed by atoms with Crippen molar-refractivity contribution in [1.82, 2.24) is 10.2 Å². The number of anilines is 1. The minimum atomic E-state index is -1.04. The van der Waals surface area contributed by atoms with Gasteiger partial charge in [0, 0.05) is 32.1 Å². The maximum absolute atomic E-state index is 13.1. The summed E-state index contributed by atoms with van der Waals surface area (Å²) < 4.78 is 0. The quantitative estimate of drug-likeness (QED) is 0.234. The molecular formula is C22H29N3O6. The molecule has 1 heterocycles. The molecule has 1 aromatic carbocycles. The van der Waals surface area contributed by atoms with Crippen molar-refractivity contribution >= 4 is 35.7 Å². The first-order chi connectivity index (χ1) is 14.9. The van der Waals surface area contributed by atoms with Gasteiger partial charge in [0.2, 0.25) is 5.91 Å². The molecule has 9 nitrogen and oxygen atoms in total. The van der Waals surface area contributed by atoms with E-state index in [-0.39, 0.29) is 30.4 Å². The molecule has 0 bridgehead atoms.